The average molecular weight is 368 g/mol. The molecule has 0 spiro atoms. The molecule has 1 unspecified atom stereocenters. The Balaban J connectivity index is 2.26. The molecule has 2 aromatic heterocycles. The lowest BCUT2D eigenvalue weighted by Gasteiger charge is -2.23. The quantitative estimate of drug-likeness (QED) is 0.807. The van der Waals surface area contributed by atoms with Gasteiger partial charge in [0.2, 0.25) is 5.95 Å². The number of nitrogen functional groups attached to an aromatic ring is 1. The lowest BCUT2D eigenvalue weighted by atomic mass is 10.2. The number of nitrogens with zero attached hydrogens (tertiary/aromatic N) is 4. The van der Waals surface area contributed by atoms with E-state index in [0.717, 1.165) is 17.6 Å². The highest BCUT2D eigenvalue weighted by Gasteiger charge is 2.23. The van der Waals surface area contributed by atoms with Gasteiger partial charge in [0.1, 0.15) is 5.65 Å². The van der Waals surface area contributed by atoms with E-state index in [0.29, 0.717) is 29.9 Å². The molecule has 1 saturated heterocycles. The average Bonchev–Trinajstić information content (AvgIpc) is 2.66. The molecule has 3 rings (SSSR count). The summed E-state index contributed by atoms with van der Waals surface area (Å²) in [6, 6.07) is 1.64. The van der Waals surface area contributed by atoms with Gasteiger partial charge in [0.15, 0.2) is 0 Å². The van der Waals surface area contributed by atoms with Crippen molar-refractivity contribution < 1.29 is 4.74 Å². The van der Waals surface area contributed by atoms with Gasteiger partial charge in [-0.15, -0.1) is 0 Å². The molecule has 2 N–H and O–H groups in total. The van der Waals surface area contributed by atoms with Gasteiger partial charge in [0.25, 0.3) is 5.56 Å². The van der Waals surface area contributed by atoms with E-state index in [1.165, 1.54) is 0 Å². The molecule has 0 aromatic carbocycles. The topological polar surface area (TPSA) is 86.3 Å². The molecular weight excluding hydrogens is 350 g/mol. The Bertz CT molecular complexity index is 776. The van der Waals surface area contributed by atoms with Gasteiger partial charge in [-0.05, 0) is 36.0 Å². The summed E-state index contributed by atoms with van der Waals surface area (Å²) >= 11 is 3.35. The molecule has 1 atom stereocenters. The number of halogens is 1. The number of pyridine rings is 1. The van der Waals surface area contributed by atoms with Crippen LogP contribution in [0.25, 0.3) is 11.0 Å². The van der Waals surface area contributed by atoms with Crippen molar-refractivity contribution in [1.29, 1.82) is 0 Å². The van der Waals surface area contributed by atoms with Gasteiger partial charge in [-0.2, -0.15) is 4.98 Å². The molecule has 22 heavy (non-hydrogen) atoms. The van der Waals surface area contributed by atoms with Crippen molar-refractivity contribution in [2.24, 2.45) is 0 Å². The molecular formula is C14H18BrN5O2. The fourth-order valence-electron chi connectivity index (χ4n) is 2.78. The third-order valence-corrected chi connectivity index (χ3v) is 4.44. The number of hydrogen-bond donors (Lipinski definition) is 1. The summed E-state index contributed by atoms with van der Waals surface area (Å²) in [5.74, 6) is 0.170. The van der Waals surface area contributed by atoms with Crippen LogP contribution < -0.4 is 11.3 Å². The number of nitrogens with two attached hydrogens (primary N) is 1. The van der Waals surface area contributed by atoms with E-state index >= 15 is 0 Å². The third-order valence-electron chi connectivity index (χ3n) is 3.87. The first-order chi connectivity index (χ1) is 10.5. The van der Waals surface area contributed by atoms with Gasteiger partial charge in [-0.1, -0.05) is 0 Å². The summed E-state index contributed by atoms with van der Waals surface area (Å²) in [6.45, 7) is 4.54. The molecule has 1 aliphatic rings. The Kier molecular flexibility index (Phi) is 4.16. The monoisotopic (exact) mass is 367 g/mol. The Morgan fingerprint density at radius 3 is 3.00 bits per heavy atom. The highest BCUT2D eigenvalue weighted by Crippen LogP contribution is 2.22. The number of ether oxygens (including phenoxy) is 1. The first kappa shape index (κ1) is 15.4. The Hall–Kier alpha value is -1.51. The van der Waals surface area contributed by atoms with Crippen LogP contribution in [0.2, 0.25) is 0 Å². The van der Waals surface area contributed by atoms with E-state index in [1.807, 2.05) is 14.0 Å². The number of likely N-dealkylation sites (N-methyl/N-ethyl adjacent to an activating group) is 1. The molecule has 2 aromatic rings. The van der Waals surface area contributed by atoms with E-state index in [9.17, 15) is 4.79 Å². The SMILES string of the molecule is Cc1nc(N)nc2c1cc(Br)c(=O)n2C1COCCN(C)C1. The van der Waals surface area contributed by atoms with Crippen LogP contribution in [0.5, 0.6) is 0 Å². The normalized spacial score (nSPS) is 20.2. The maximum Gasteiger partial charge on any atom is 0.266 e. The van der Waals surface area contributed by atoms with Crippen LogP contribution in [-0.4, -0.2) is 52.8 Å². The van der Waals surface area contributed by atoms with Crippen molar-refractivity contribution >= 4 is 32.9 Å². The zero-order valence-corrected chi connectivity index (χ0v) is 14.1. The van der Waals surface area contributed by atoms with Crippen LogP contribution in [0.3, 0.4) is 0 Å². The molecule has 1 fully saturated rings. The van der Waals surface area contributed by atoms with Gasteiger partial charge in [0.05, 0.1) is 29.4 Å². The predicted octanol–water partition coefficient (Wildman–Crippen LogP) is 0.948. The second-order valence-electron chi connectivity index (χ2n) is 5.56. The van der Waals surface area contributed by atoms with Gasteiger partial charge in [-0.3, -0.25) is 9.36 Å². The van der Waals surface area contributed by atoms with Crippen LogP contribution in [0.4, 0.5) is 5.95 Å². The van der Waals surface area contributed by atoms with Crippen LogP contribution in [0.15, 0.2) is 15.3 Å². The lowest BCUT2D eigenvalue weighted by molar-refractivity contribution is 0.124. The molecule has 8 heteroatoms. The first-order valence-electron chi connectivity index (χ1n) is 7.08. The number of aryl methyl sites for hydroxylation is 1. The number of aromatic nitrogens is 3. The van der Waals surface area contributed by atoms with E-state index < -0.39 is 0 Å². The molecule has 0 bridgehead atoms. The second-order valence-corrected chi connectivity index (χ2v) is 6.42. The smallest absolute Gasteiger partial charge is 0.266 e. The lowest BCUT2D eigenvalue weighted by Crippen LogP contribution is -2.34. The van der Waals surface area contributed by atoms with Crippen molar-refractivity contribution in [3.63, 3.8) is 0 Å². The summed E-state index contributed by atoms with van der Waals surface area (Å²) < 4.78 is 7.81. The third kappa shape index (κ3) is 2.73. The largest absolute Gasteiger partial charge is 0.378 e. The molecule has 3 heterocycles. The van der Waals surface area contributed by atoms with Crippen molar-refractivity contribution in [1.82, 2.24) is 19.4 Å². The minimum absolute atomic E-state index is 0.117. The number of rotatable bonds is 1. The fraction of sp³-hybridized carbons (Fsp3) is 0.500. The summed E-state index contributed by atoms with van der Waals surface area (Å²) in [7, 11) is 2.02. The van der Waals surface area contributed by atoms with Crippen molar-refractivity contribution in [3.8, 4) is 0 Å². The maximum absolute atomic E-state index is 12.7. The molecule has 0 amide bonds. The van der Waals surface area contributed by atoms with E-state index in [-0.39, 0.29) is 17.5 Å². The highest BCUT2D eigenvalue weighted by molar-refractivity contribution is 9.10. The van der Waals surface area contributed by atoms with Crippen LogP contribution in [0.1, 0.15) is 11.7 Å². The van der Waals surface area contributed by atoms with Gasteiger partial charge < -0.3 is 15.4 Å². The number of anilines is 1. The van der Waals surface area contributed by atoms with E-state index in [2.05, 4.69) is 30.8 Å². The summed E-state index contributed by atoms with van der Waals surface area (Å²) in [4.78, 5) is 23.3. The second kappa shape index (κ2) is 5.94. The van der Waals surface area contributed by atoms with Crippen LogP contribution in [0, 0.1) is 6.92 Å². The van der Waals surface area contributed by atoms with Gasteiger partial charge >= 0.3 is 0 Å². The molecule has 0 radical (unpaired) electrons. The van der Waals surface area contributed by atoms with Crippen molar-refractivity contribution in [2.45, 2.75) is 13.0 Å². The Labute approximate surface area is 136 Å². The molecule has 0 aliphatic carbocycles. The highest BCUT2D eigenvalue weighted by atomic mass is 79.9. The number of hydrogen-bond acceptors (Lipinski definition) is 6. The molecule has 1 aliphatic heterocycles. The van der Waals surface area contributed by atoms with E-state index in [4.69, 9.17) is 10.5 Å². The van der Waals surface area contributed by atoms with Crippen molar-refractivity contribution in [3.05, 3.63) is 26.6 Å². The standard InChI is InChI=1S/C14H18BrN5O2/c1-8-10-5-11(15)13(21)20(12(10)18-14(16)17-8)9-6-19(2)3-4-22-7-9/h5,9H,3-4,6-7H2,1-2H3,(H2,16,17,18). The summed E-state index contributed by atoms with van der Waals surface area (Å²) in [5, 5.41) is 0.813. The predicted molar refractivity (Wildman–Crippen MR) is 88.0 cm³/mol. The Morgan fingerprint density at radius 2 is 2.23 bits per heavy atom. The summed E-state index contributed by atoms with van der Waals surface area (Å²) in [6.07, 6.45) is 0. The molecule has 7 nitrogen and oxygen atoms in total. The van der Waals surface area contributed by atoms with Crippen molar-refractivity contribution in [2.75, 3.05) is 39.1 Å². The molecule has 0 saturated carbocycles. The van der Waals surface area contributed by atoms with Gasteiger partial charge in [0, 0.05) is 18.5 Å². The fourth-order valence-corrected chi connectivity index (χ4v) is 3.20. The Morgan fingerprint density at radius 1 is 1.45 bits per heavy atom. The maximum atomic E-state index is 12.7. The minimum Gasteiger partial charge on any atom is -0.378 e. The van der Waals surface area contributed by atoms with Crippen LogP contribution in [-0.2, 0) is 4.74 Å². The zero-order valence-electron chi connectivity index (χ0n) is 12.5. The van der Waals surface area contributed by atoms with Crippen LogP contribution >= 0.6 is 15.9 Å². The molecule has 118 valence electrons. The first-order valence-corrected chi connectivity index (χ1v) is 7.88. The number of fused-ring (bicyclic) bond motifs is 1. The minimum atomic E-state index is -0.131. The van der Waals surface area contributed by atoms with Gasteiger partial charge in [-0.25, -0.2) is 4.98 Å². The zero-order chi connectivity index (χ0) is 15.9. The summed E-state index contributed by atoms with van der Waals surface area (Å²) in [5.41, 5.74) is 6.96. The van der Waals surface area contributed by atoms with E-state index in [1.54, 1.807) is 10.6 Å².